The SMILES string of the molecule is C(C=Cc1ccc(N(c2ccc(C=CC=Cc3ccccc3)cc2)c2ccc3c(c2)CCCC3)cc1)=Cc1ccccc1. The van der Waals surface area contributed by atoms with Gasteiger partial charge in [-0.15, -0.1) is 0 Å². The second-order valence-electron chi connectivity index (χ2n) is 10.9. The molecule has 210 valence electrons. The molecule has 0 amide bonds. The summed E-state index contributed by atoms with van der Waals surface area (Å²) in [4.78, 5) is 2.38. The molecule has 5 aromatic rings. The van der Waals surface area contributed by atoms with Crippen LogP contribution < -0.4 is 4.90 Å². The van der Waals surface area contributed by atoms with E-state index in [1.165, 1.54) is 58.3 Å². The lowest BCUT2D eigenvalue weighted by Crippen LogP contribution is -2.12. The minimum atomic E-state index is 1.15. The molecule has 0 radical (unpaired) electrons. The van der Waals surface area contributed by atoms with E-state index in [9.17, 15) is 0 Å². The van der Waals surface area contributed by atoms with Crippen molar-refractivity contribution in [2.45, 2.75) is 25.7 Å². The van der Waals surface area contributed by atoms with Crippen LogP contribution in [0.25, 0.3) is 24.3 Å². The van der Waals surface area contributed by atoms with Gasteiger partial charge in [0.1, 0.15) is 0 Å². The first-order valence-corrected chi connectivity index (χ1v) is 15.2. The number of nitrogens with zero attached hydrogens (tertiary/aromatic N) is 1. The summed E-state index contributed by atoms with van der Waals surface area (Å²) in [6, 6.07) is 45.5. The average molecular weight is 556 g/mol. The molecule has 1 aliphatic carbocycles. The zero-order chi connectivity index (χ0) is 29.1. The van der Waals surface area contributed by atoms with E-state index in [2.05, 4.69) is 169 Å². The molecule has 0 fully saturated rings. The van der Waals surface area contributed by atoms with E-state index < -0.39 is 0 Å². The fourth-order valence-corrected chi connectivity index (χ4v) is 5.57. The minimum absolute atomic E-state index is 1.15. The van der Waals surface area contributed by atoms with Crippen LogP contribution in [0.3, 0.4) is 0 Å². The zero-order valence-electron chi connectivity index (χ0n) is 24.5. The van der Waals surface area contributed by atoms with Crippen molar-refractivity contribution >= 4 is 41.4 Å². The highest BCUT2D eigenvalue weighted by atomic mass is 15.1. The molecular formula is C42H37N. The molecule has 1 nitrogen and oxygen atoms in total. The largest absolute Gasteiger partial charge is 0.310 e. The molecule has 0 atom stereocenters. The molecule has 0 heterocycles. The summed E-state index contributed by atoms with van der Waals surface area (Å²) in [5.74, 6) is 0. The Morgan fingerprint density at radius 2 is 0.767 bits per heavy atom. The van der Waals surface area contributed by atoms with Gasteiger partial charge in [-0.3, -0.25) is 0 Å². The van der Waals surface area contributed by atoms with E-state index in [-0.39, 0.29) is 0 Å². The number of hydrogen-bond acceptors (Lipinski definition) is 1. The zero-order valence-corrected chi connectivity index (χ0v) is 24.5. The summed E-state index contributed by atoms with van der Waals surface area (Å²) in [6.07, 6.45) is 21.9. The topological polar surface area (TPSA) is 3.24 Å². The lowest BCUT2D eigenvalue weighted by molar-refractivity contribution is 0.685. The third-order valence-corrected chi connectivity index (χ3v) is 7.87. The van der Waals surface area contributed by atoms with Crippen molar-refractivity contribution in [2.75, 3.05) is 4.90 Å². The van der Waals surface area contributed by atoms with Gasteiger partial charge in [0, 0.05) is 17.1 Å². The van der Waals surface area contributed by atoms with Gasteiger partial charge in [-0.2, -0.15) is 0 Å². The van der Waals surface area contributed by atoms with E-state index in [1.807, 2.05) is 12.1 Å². The molecule has 0 saturated heterocycles. The Morgan fingerprint density at radius 3 is 1.23 bits per heavy atom. The number of rotatable bonds is 9. The third-order valence-electron chi connectivity index (χ3n) is 7.87. The summed E-state index contributed by atoms with van der Waals surface area (Å²) < 4.78 is 0. The second-order valence-corrected chi connectivity index (χ2v) is 10.9. The summed E-state index contributed by atoms with van der Waals surface area (Å²) in [5, 5.41) is 0. The maximum absolute atomic E-state index is 2.40. The van der Waals surface area contributed by atoms with Crippen LogP contribution in [-0.2, 0) is 12.8 Å². The van der Waals surface area contributed by atoms with Gasteiger partial charge >= 0.3 is 0 Å². The average Bonchev–Trinajstić information content (AvgIpc) is 3.07. The van der Waals surface area contributed by atoms with Gasteiger partial charge in [0.15, 0.2) is 0 Å². The second kappa shape index (κ2) is 14.2. The molecule has 43 heavy (non-hydrogen) atoms. The Morgan fingerprint density at radius 1 is 0.372 bits per heavy atom. The Labute approximate surface area is 256 Å². The van der Waals surface area contributed by atoms with Gasteiger partial charge < -0.3 is 4.90 Å². The van der Waals surface area contributed by atoms with Crippen LogP contribution >= 0.6 is 0 Å². The van der Waals surface area contributed by atoms with Crippen molar-refractivity contribution in [3.63, 3.8) is 0 Å². The van der Waals surface area contributed by atoms with E-state index in [0.717, 1.165) is 17.8 Å². The highest BCUT2D eigenvalue weighted by Gasteiger charge is 2.16. The first kappa shape index (κ1) is 28.0. The summed E-state index contributed by atoms with van der Waals surface area (Å²) in [6.45, 7) is 0. The normalized spacial score (nSPS) is 13.3. The standard InChI is InChI=1S/C42H37N/c1-3-13-34(14-4-1)17-7-9-19-36-23-28-40(29-24-36)43(42-32-27-38-21-11-12-22-39(38)33-42)41-30-25-37(26-31-41)20-10-8-18-35-15-5-2-6-16-35/h1-10,13-20,23-33H,11-12,21-22H2. The maximum Gasteiger partial charge on any atom is 0.0464 e. The lowest BCUT2D eigenvalue weighted by Gasteiger charge is -2.27. The van der Waals surface area contributed by atoms with Crippen molar-refractivity contribution in [1.82, 2.24) is 0 Å². The van der Waals surface area contributed by atoms with Gasteiger partial charge in [0.2, 0.25) is 0 Å². The van der Waals surface area contributed by atoms with Crippen LogP contribution in [0.1, 0.15) is 46.2 Å². The highest BCUT2D eigenvalue weighted by molar-refractivity contribution is 5.78. The first-order valence-electron chi connectivity index (χ1n) is 15.2. The molecule has 0 bridgehead atoms. The Hall–Kier alpha value is -5.14. The fraction of sp³-hybridized carbons (Fsp3) is 0.0952. The molecule has 0 saturated carbocycles. The van der Waals surface area contributed by atoms with Crippen molar-refractivity contribution in [2.24, 2.45) is 0 Å². The molecule has 0 N–H and O–H groups in total. The maximum atomic E-state index is 2.40. The predicted molar refractivity (Wildman–Crippen MR) is 187 cm³/mol. The molecular weight excluding hydrogens is 518 g/mol. The molecule has 1 heteroatoms. The Bertz CT molecular complexity index is 1620. The van der Waals surface area contributed by atoms with E-state index in [1.54, 1.807) is 0 Å². The molecule has 0 aromatic heterocycles. The Balaban J connectivity index is 1.23. The number of benzene rings is 5. The van der Waals surface area contributed by atoms with E-state index >= 15 is 0 Å². The van der Waals surface area contributed by atoms with E-state index in [0.29, 0.717) is 0 Å². The molecule has 1 aliphatic rings. The van der Waals surface area contributed by atoms with Crippen molar-refractivity contribution < 1.29 is 0 Å². The molecule has 5 aromatic carbocycles. The monoisotopic (exact) mass is 555 g/mol. The van der Waals surface area contributed by atoms with Gasteiger partial charge in [-0.05, 0) is 95.5 Å². The number of hydrogen-bond donors (Lipinski definition) is 0. The third kappa shape index (κ3) is 7.58. The summed E-state index contributed by atoms with van der Waals surface area (Å²) in [7, 11) is 0. The summed E-state index contributed by atoms with van der Waals surface area (Å²) in [5.41, 5.74) is 11.3. The van der Waals surface area contributed by atoms with Gasteiger partial charge in [0.05, 0.1) is 0 Å². The number of fused-ring (bicyclic) bond motifs is 1. The van der Waals surface area contributed by atoms with Crippen molar-refractivity contribution in [1.29, 1.82) is 0 Å². The Kier molecular flexibility index (Phi) is 9.22. The smallest absolute Gasteiger partial charge is 0.0464 e. The van der Waals surface area contributed by atoms with Gasteiger partial charge in [-0.25, -0.2) is 0 Å². The van der Waals surface area contributed by atoms with Crippen LogP contribution in [0.15, 0.2) is 152 Å². The first-order chi connectivity index (χ1) is 21.3. The number of aryl methyl sites for hydroxylation is 2. The number of allylic oxidation sites excluding steroid dienone is 4. The van der Waals surface area contributed by atoms with Crippen molar-refractivity contribution in [3.05, 3.63) is 185 Å². The quantitative estimate of drug-likeness (QED) is 0.164. The molecule has 0 spiro atoms. The fourth-order valence-electron chi connectivity index (χ4n) is 5.57. The molecule has 0 aliphatic heterocycles. The molecule has 6 rings (SSSR count). The molecule has 0 unspecified atom stereocenters. The van der Waals surface area contributed by atoms with Crippen LogP contribution in [0, 0.1) is 0 Å². The van der Waals surface area contributed by atoms with Crippen LogP contribution in [0.4, 0.5) is 17.1 Å². The number of anilines is 3. The van der Waals surface area contributed by atoms with Gasteiger partial charge in [-0.1, -0.05) is 140 Å². The summed E-state index contributed by atoms with van der Waals surface area (Å²) >= 11 is 0. The predicted octanol–water partition coefficient (Wildman–Crippen LogP) is 11.5. The van der Waals surface area contributed by atoms with Crippen LogP contribution in [-0.4, -0.2) is 0 Å². The minimum Gasteiger partial charge on any atom is -0.310 e. The van der Waals surface area contributed by atoms with Crippen LogP contribution in [0.5, 0.6) is 0 Å². The van der Waals surface area contributed by atoms with E-state index in [4.69, 9.17) is 0 Å². The van der Waals surface area contributed by atoms with Gasteiger partial charge in [0.25, 0.3) is 0 Å². The lowest BCUT2D eigenvalue weighted by atomic mass is 9.91. The van der Waals surface area contributed by atoms with Crippen molar-refractivity contribution in [3.8, 4) is 0 Å². The van der Waals surface area contributed by atoms with Crippen LogP contribution in [0.2, 0.25) is 0 Å². The highest BCUT2D eigenvalue weighted by Crippen LogP contribution is 2.37.